The van der Waals surface area contributed by atoms with Crippen LogP contribution in [0.3, 0.4) is 0 Å². The molecule has 5 rings (SSSR count). The number of allylic oxidation sites excluding steroid dienone is 2. The summed E-state index contributed by atoms with van der Waals surface area (Å²) in [7, 11) is 0. The summed E-state index contributed by atoms with van der Waals surface area (Å²) in [5.74, 6) is -0.322. The molecule has 0 radical (unpaired) electrons. The van der Waals surface area contributed by atoms with Gasteiger partial charge in [0.2, 0.25) is 0 Å². The summed E-state index contributed by atoms with van der Waals surface area (Å²) in [6, 6.07) is 19.4. The van der Waals surface area contributed by atoms with Gasteiger partial charge >= 0.3 is 0 Å². The summed E-state index contributed by atoms with van der Waals surface area (Å²) < 4.78 is 12.0. The molecule has 0 unspecified atom stereocenters. The number of benzene rings is 2. The van der Waals surface area contributed by atoms with E-state index in [0.29, 0.717) is 0 Å². The van der Waals surface area contributed by atoms with Crippen molar-refractivity contribution in [2.75, 3.05) is 13.2 Å². The molecule has 2 nitrogen and oxygen atoms in total. The Balaban J connectivity index is 1.49. The monoisotopic (exact) mass is 344 g/mol. The Morgan fingerprint density at radius 3 is 2.19 bits per heavy atom. The fourth-order valence-corrected chi connectivity index (χ4v) is 4.88. The molecule has 0 aromatic heterocycles. The summed E-state index contributed by atoms with van der Waals surface area (Å²) >= 11 is 0. The van der Waals surface area contributed by atoms with Crippen molar-refractivity contribution in [3.8, 4) is 0 Å². The maximum absolute atomic E-state index is 5.98. The maximum atomic E-state index is 5.98. The van der Waals surface area contributed by atoms with Crippen molar-refractivity contribution < 1.29 is 9.47 Å². The van der Waals surface area contributed by atoms with Crippen molar-refractivity contribution in [1.29, 1.82) is 0 Å². The van der Waals surface area contributed by atoms with Crippen LogP contribution < -0.4 is 0 Å². The lowest BCUT2D eigenvalue weighted by molar-refractivity contribution is -0.182. The van der Waals surface area contributed by atoms with Gasteiger partial charge in [0.15, 0.2) is 5.79 Å². The molecule has 2 aromatic carbocycles. The van der Waals surface area contributed by atoms with Crippen LogP contribution in [0.15, 0.2) is 66.2 Å². The molecule has 0 bridgehead atoms. The predicted octanol–water partition coefficient (Wildman–Crippen LogP) is 5.35. The molecule has 0 atom stereocenters. The first-order valence-corrected chi connectivity index (χ1v) is 9.63. The zero-order valence-corrected chi connectivity index (χ0v) is 15.0. The van der Waals surface area contributed by atoms with Gasteiger partial charge < -0.3 is 9.47 Å². The molecule has 1 aliphatic heterocycles. The molecule has 2 heteroatoms. The van der Waals surface area contributed by atoms with Crippen LogP contribution in [-0.4, -0.2) is 19.0 Å². The summed E-state index contributed by atoms with van der Waals surface area (Å²) in [6.45, 7) is 1.47. The molecule has 1 saturated heterocycles. The fraction of sp³-hybridized carbons (Fsp3) is 0.333. The molecule has 1 saturated carbocycles. The van der Waals surface area contributed by atoms with E-state index in [2.05, 4.69) is 72.8 Å². The van der Waals surface area contributed by atoms with Gasteiger partial charge in [-0.25, -0.2) is 0 Å². The second-order valence-electron chi connectivity index (χ2n) is 7.62. The number of rotatable bonds is 2. The van der Waals surface area contributed by atoms with Gasteiger partial charge in [0.1, 0.15) is 0 Å². The molecule has 0 N–H and O–H groups in total. The highest BCUT2D eigenvalue weighted by atomic mass is 16.7. The van der Waals surface area contributed by atoms with E-state index in [4.69, 9.17) is 9.47 Å². The average Bonchev–Trinajstić information content (AvgIpc) is 3.27. The second-order valence-corrected chi connectivity index (χ2v) is 7.62. The largest absolute Gasteiger partial charge is 0.348 e. The van der Waals surface area contributed by atoms with E-state index >= 15 is 0 Å². The summed E-state index contributed by atoms with van der Waals surface area (Å²) in [5, 5.41) is 0. The fourth-order valence-electron chi connectivity index (χ4n) is 4.88. The van der Waals surface area contributed by atoms with E-state index in [9.17, 15) is 0 Å². The van der Waals surface area contributed by atoms with Gasteiger partial charge in [-0.3, -0.25) is 0 Å². The van der Waals surface area contributed by atoms with Gasteiger partial charge in [0.05, 0.1) is 13.2 Å². The Kier molecular flexibility index (Phi) is 3.84. The molecule has 0 amide bonds. The molecular formula is C24H24O2. The second kappa shape index (κ2) is 6.22. The highest BCUT2D eigenvalue weighted by Crippen LogP contribution is 2.54. The minimum absolute atomic E-state index is 0.0996. The SMILES string of the molecule is C1=C(/C=C/c2ccccc2)C2(CCC3(CC2)OCCO3)c2ccccc21. The molecule has 26 heavy (non-hydrogen) atoms. The number of hydrogen-bond acceptors (Lipinski definition) is 2. The van der Waals surface area contributed by atoms with Crippen molar-refractivity contribution in [1.82, 2.24) is 0 Å². The first kappa shape index (κ1) is 16.0. The molecule has 2 fully saturated rings. The Hall–Kier alpha value is -2.16. The number of ether oxygens (including phenoxy) is 2. The first-order chi connectivity index (χ1) is 12.8. The third kappa shape index (κ3) is 2.56. The highest BCUT2D eigenvalue weighted by molar-refractivity contribution is 5.74. The van der Waals surface area contributed by atoms with Crippen LogP contribution in [0.5, 0.6) is 0 Å². The number of fused-ring (bicyclic) bond motifs is 2. The van der Waals surface area contributed by atoms with Gasteiger partial charge in [-0.15, -0.1) is 0 Å². The van der Waals surface area contributed by atoms with Crippen LogP contribution in [0.1, 0.15) is 42.4 Å². The first-order valence-electron chi connectivity index (χ1n) is 9.63. The average molecular weight is 344 g/mol. The van der Waals surface area contributed by atoms with Crippen LogP contribution >= 0.6 is 0 Å². The number of hydrogen-bond donors (Lipinski definition) is 0. The Morgan fingerprint density at radius 1 is 0.731 bits per heavy atom. The Labute approximate surface area is 155 Å². The molecule has 3 aliphatic rings. The standard InChI is InChI=1S/C24H24O2/c1-2-6-19(7-3-1)10-11-21-18-20-8-4-5-9-22(20)23(21)12-14-24(15-13-23)25-16-17-26-24/h1-11,18H,12-17H2/b11-10+. The van der Waals surface area contributed by atoms with Crippen molar-refractivity contribution in [3.63, 3.8) is 0 Å². The lowest BCUT2D eigenvalue weighted by Gasteiger charge is -2.43. The van der Waals surface area contributed by atoms with E-state index in [-0.39, 0.29) is 11.2 Å². The lowest BCUT2D eigenvalue weighted by atomic mass is 9.65. The molecular weight excluding hydrogens is 320 g/mol. The van der Waals surface area contributed by atoms with Gasteiger partial charge in [-0.2, -0.15) is 0 Å². The van der Waals surface area contributed by atoms with E-state index in [1.807, 2.05) is 0 Å². The van der Waals surface area contributed by atoms with Gasteiger partial charge in [-0.05, 0) is 35.1 Å². The van der Waals surface area contributed by atoms with Crippen LogP contribution in [-0.2, 0) is 14.9 Å². The minimum Gasteiger partial charge on any atom is -0.348 e. The molecule has 132 valence electrons. The molecule has 2 aromatic rings. The third-order valence-electron chi connectivity index (χ3n) is 6.27. The normalized spacial score (nSPS) is 22.8. The smallest absolute Gasteiger partial charge is 0.168 e. The molecule has 1 heterocycles. The van der Waals surface area contributed by atoms with Crippen molar-refractivity contribution >= 4 is 12.2 Å². The predicted molar refractivity (Wildman–Crippen MR) is 105 cm³/mol. The maximum Gasteiger partial charge on any atom is 0.168 e. The van der Waals surface area contributed by atoms with Crippen molar-refractivity contribution in [2.24, 2.45) is 0 Å². The summed E-state index contributed by atoms with van der Waals surface area (Å²) in [4.78, 5) is 0. The third-order valence-corrected chi connectivity index (χ3v) is 6.27. The zero-order chi connectivity index (χ0) is 17.5. The molecule has 2 spiro atoms. The van der Waals surface area contributed by atoms with Crippen LogP contribution in [0.25, 0.3) is 12.2 Å². The van der Waals surface area contributed by atoms with Crippen LogP contribution in [0.2, 0.25) is 0 Å². The lowest BCUT2D eigenvalue weighted by Crippen LogP contribution is -2.42. The van der Waals surface area contributed by atoms with E-state index in [1.165, 1.54) is 22.3 Å². The van der Waals surface area contributed by atoms with Gasteiger partial charge in [-0.1, -0.05) is 72.8 Å². The summed E-state index contributed by atoms with van der Waals surface area (Å²) in [6.07, 6.45) is 11.0. The molecule has 2 aliphatic carbocycles. The minimum atomic E-state index is -0.322. The van der Waals surface area contributed by atoms with Crippen molar-refractivity contribution in [3.05, 3.63) is 82.9 Å². The summed E-state index contributed by atoms with van der Waals surface area (Å²) in [5.41, 5.74) is 5.61. The topological polar surface area (TPSA) is 18.5 Å². The van der Waals surface area contributed by atoms with Crippen LogP contribution in [0, 0.1) is 0 Å². The van der Waals surface area contributed by atoms with Crippen molar-refractivity contribution in [2.45, 2.75) is 36.9 Å². The quantitative estimate of drug-likeness (QED) is 0.731. The Bertz CT molecular complexity index is 847. The Morgan fingerprint density at radius 2 is 1.42 bits per heavy atom. The zero-order valence-electron chi connectivity index (χ0n) is 15.0. The van der Waals surface area contributed by atoms with Gasteiger partial charge in [0.25, 0.3) is 0 Å². The van der Waals surface area contributed by atoms with E-state index in [0.717, 1.165) is 38.9 Å². The highest BCUT2D eigenvalue weighted by Gasteiger charge is 2.50. The van der Waals surface area contributed by atoms with E-state index in [1.54, 1.807) is 0 Å². The van der Waals surface area contributed by atoms with E-state index < -0.39 is 0 Å². The van der Waals surface area contributed by atoms with Gasteiger partial charge in [0, 0.05) is 18.3 Å². The van der Waals surface area contributed by atoms with Crippen LogP contribution in [0.4, 0.5) is 0 Å².